The zero-order valence-electron chi connectivity index (χ0n) is 22.8. The molecular weight excluding hydrogens is 537 g/mol. The summed E-state index contributed by atoms with van der Waals surface area (Å²) in [6.07, 6.45) is 1.79. The maximum Gasteiger partial charge on any atom is 0.416 e. The van der Waals surface area contributed by atoms with Crippen molar-refractivity contribution in [1.29, 1.82) is 0 Å². The number of rotatable bonds is 13. The lowest BCUT2D eigenvalue weighted by Gasteiger charge is -2.24. The lowest BCUT2D eigenvalue weighted by Crippen LogP contribution is -2.35. The van der Waals surface area contributed by atoms with Crippen LogP contribution in [0.2, 0.25) is 0 Å². The number of hydrogen-bond donors (Lipinski definition) is 1. The third-order valence-corrected chi connectivity index (χ3v) is 7.10. The van der Waals surface area contributed by atoms with E-state index in [-0.39, 0.29) is 5.97 Å². The van der Waals surface area contributed by atoms with Crippen LogP contribution >= 0.6 is 11.8 Å². The highest BCUT2D eigenvalue weighted by molar-refractivity contribution is 7.99. The van der Waals surface area contributed by atoms with Gasteiger partial charge in [-0.05, 0) is 85.6 Å². The summed E-state index contributed by atoms with van der Waals surface area (Å²) in [5, 5.41) is 2.73. The van der Waals surface area contributed by atoms with E-state index in [1.54, 1.807) is 17.0 Å². The SMILES string of the molecule is CCCCCCCN(C(=O)Nc1ccc(C(F)(F)F)cc1)c1ccc(Sc2ccc(OC(=O)CCC)cc2)cc1. The number of benzene rings is 3. The van der Waals surface area contributed by atoms with E-state index in [9.17, 15) is 22.8 Å². The van der Waals surface area contributed by atoms with Crippen LogP contribution in [0.5, 0.6) is 5.75 Å². The van der Waals surface area contributed by atoms with Gasteiger partial charge in [0.15, 0.2) is 0 Å². The van der Waals surface area contributed by atoms with Crippen LogP contribution in [0.15, 0.2) is 82.6 Å². The van der Waals surface area contributed by atoms with Gasteiger partial charge in [-0.3, -0.25) is 9.69 Å². The predicted molar refractivity (Wildman–Crippen MR) is 154 cm³/mol. The molecule has 0 aromatic heterocycles. The Bertz CT molecular complexity index is 1210. The number of urea groups is 1. The first-order valence-electron chi connectivity index (χ1n) is 13.5. The van der Waals surface area contributed by atoms with E-state index in [0.717, 1.165) is 60.4 Å². The van der Waals surface area contributed by atoms with Gasteiger partial charge in [0, 0.05) is 34.1 Å². The summed E-state index contributed by atoms with van der Waals surface area (Å²) in [4.78, 5) is 28.4. The van der Waals surface area contributed by atoms with Crippen LogP contribution in [0.3, 0.4) is 0 Å². The molecule has 5 nitrogen and oxygen atoms in total. The molecule has 0 saturated carbocycles. The predicted octanol–water partition coefficient (Wildman–Crippen LogP) is 9.57. The number of carbonyl (C=O) groups is 2. The average Bonchev–Trinajstić information content (AvgIpc) is 2.92. The molecule has 0 spiro atoms. The molecule has 2 amide bonds. The van der Waals surface area contributed by atoms with Gasteiger partial charge >= 0.3 is 18.2 Å². The average molecular weight is 573 g/mol. The molecule has 0 aliphatic rings. The Morgan fingerprint density at radius 3 is 1.98 bits per heavy atom. The molecule has 9 heteroatoms. The topological polar surface area (TPSA) is 58.6 Å². The quantitative estimate of drug-likeness (QED) is 0.126. The molecule has 3 aromatic carbocycles. The Labute approximate surface area is 238 Å². The number of unbranched alkanes of at least 4 members (excludes halogenated alkanes) is 4. The second kappa shape index (κ2) is 15.4. The van der Waals surface area contributed by atoms with Crippen LogP contribution in [0.25, 0.3) is 0 Å². The minimum absolute atomic E-state index is 0.254. The van der Waals surface area contributed by atoms with Gasteiger partial charge in [0.05, 0.1) is 5.56 Å². The highest BCUT2D eigenvalue weighted by Gasteiger charge is 2.30. The Hall–Kier alpha value is -3.46. The summed E-state index contributed by atoms with van der Waals surface area (Å²) in [6.45, 7) is 4.55. The lowest BCUT2D eigenvalue weighted by molar-refractivity contribution is -0.137. The van der Waals surface area contributed by atoms with Crippen LogP contribution in [-0.2, 0) is 11.0 Å². The number of anilines is 2. The first kappa shape index (κ1) is 31.1. The number of ether oxygens (including phenoxy) is 1. The second-order valence-electron chi connectivity index (χ2n) is 9.36. The van der Waals surface area contributed by atoms with Crippen LogP contribution in [0.1, 0.15) is 64.4 Å². The van der Waals surface area contributed by atoms with Gasteiger partial charge in [0.25, 0.3) is 0 Å². The second-order valence-corrected chi connectivity index (χ2v) is 10.5. The minimum atomic E-state index is -4.43. The number of amides is 2. The molecule has 0 saturated heterocycles. The smallest absolute Gasteiger partial charge is 0.416 e. The third-order valence-electron chi connectivity index (χ3n) is 6.09. The van der Waals surface area contributed by atoms with Crippen molar-refractivity contribution in [2.75, 3.05) is 16.8 Å². The molecule has 0 atom stereocenters. The molecule has 0 aliphatic carbocycles. The number of hydrogen-bond acceptors (Lipinski definition) is 4. The summed E-state index contributed by atoms with van der Waals surface area (Å²) in [5.41, 5.74) is 0.228. The summed E-state index contributed by atoms with van der Waals surface area (Å²) in [5.74, 6) is 0.252. The van der Waals surface area contributed by atoms with Crippen molar-refractivity contribution in [2.24, 2.45) is 0 Å². The van der Waals surface area contributed by atoms with Gasteiger partial charge < -0.3 is 10.1 Å². The molecule has 0 heterocycles. The molecule has 0 fully saturated rings. The molecule has 3 aromatic rings. The zero-order valence-corrected chi connectivity index (χ0v) is 23.6. The van der Waals surface area contributed by atoms with E-state index in [4.69, 9.17) is 4.74 Å². The number of nitrogens with zero attached hydrogens (tertiary/aromatic N) is 1. The van der Waals surface area contributed by atoms with E-state index >= 15 is 0 Å². The molecule has 0 bridgehead atoms. The molecule has 214 valence electrons. The van der Waals surface area contributed by atoms with E-state index in [1.165, 1.54) is 23.9 Å². The maximum absolute atomic E-state index is 13.2. The van der Waals surface area contributed by atoms with Crippen LogP contribution in [-0.4, -0.2) is 18.5 Å². The van der Waals surface area contributed by atoms with Crippen LogP contribution in [0.4, 0.5) is 29.3 Å². The Morgan fingerprint density at radius 1 is 0.800 bits per heavy atom. The van der Waals surface area contributed by atoms with Crippen LogP contribution in [0, 0.1) is 0 Å². The first-order valence-corrected chi connectivity index (χ1v) is 14.4. The molecular formula is C31H35F3N2O3S. The summed E-state index contributed by atoms with van der Waals surface area (Å²) in [7, 11) is 0. The minimum Gasteiger partial charge on any atom is -0.427 e. The zero-order chi connectivity index (χ0) is 29.0. The molecule has 1 N–H and O–H groups in total. The van der Waals surface area contributed by atoms with Gasteiger partial charge in [-0.2, -0.15) is 13.2 Å². The largest absolute Gasteiger partial charge is 0.427 e. The fourth-order valence-corrected chi connectivity index (χ4v) is 4.76. The molecule has 0 radical (unpaired) electrons. The van der Waals surface area contributed by atoms with Crippen molar-refractivity contribution in [3.05, 3.63) is 78.4 Å². The van der Waals surface area contributed by atoms with Gasteiger partial charge in [0.1, 0.15) is 5.75 Å². The number of alkyl halides is 3. The molecule has 0 aliphatic heterocycles. The lowest BCUT2D eigenvalue weighted by atomic mass is 10.1. The Kier molecular flexibility index (Phi) is 11.9. The van der Waals surface area contributed by atoms with Crippen LogP contribution < -0.4 is 15.0 Å². The van der Waals surface area contributed by atoms with Gasteiger partial charge in [-0.1, -0.05) is 51.3 Å². The highest BCUT2D eigenvalue weighted by atomic mass is 32.2. The molecule has 40 heavy (non-hydrogen) atoms. The third kappa shape index (κ3) is 9.93. The molecule has 0 unspecified atom stereocenters. The fraction of sp³-hybridized carbons (Fsp3) is 0.355. The fourth-order valence-electron chi connectivity index (χ4n) is 3.95. The number of esters is 1. The van der Waals surface area contributed by atoms with Gasteiger partial charge in [0.2, 0.25) is 0 Å². The monoisotopic (exact) mass is 572 g/mol. The van der Waals surface area contributed by atoms with E-state index in [1.807, 2.05) is 43.3 Å². The number of halogens is 3. The standard InChI is InChI=1S/C31H35F3N2O3S/c1-3-5-6-7-8-22-36(30(38)35-24-12-10-23(11-13-24)31(32,33)34)25-14-18-27(19-15-25)40-28-20-16-26(17-21-28)39-29(37)9-4-2/h10-21H,3-9,22H2,1-2H3,(H,35,38). The normalized spacial score (nSPS) is 11.2. The van der Waals surface area contributed by atoms with Crippen molar-refractivity contribution in [1.82, 2.24) is 0 Å². The van der Waals surface area contributed by atoms with E-state index < -0.39 is 17.8 Å². The molecule has 3 rings (SSSR count). The summed E-state index contributed by atoms with van der Waals surface area (Å²) >= 11 is 1.54. The summed E-state index contributed by atoms with van der Waals surface area (Å²) in [6, 6.07) is 18.9. The Morgan fingerprint density at radius 2 is 1.40 bits per heavy atom. The van der Waals surface area contributed by atoms with Gasteiger partial charge in [-0.25, -0.2) is 4.79 Å². The number of nitrogens with one attached hydrogen (secondary N) is 1. The highest BCUT2D eigenvalue weighted by Crippen LogP contribution is 2.32. The van der Waals surface area contributed by atoms with Crippen molar-refractivity contribution in [2.45, 2.75) is 74.8 Å². The number of carbonyl (C=O) groups excluding carboxylic acids is 2. The van der Waals surface area contributed by atoms with E-state index in [2.05, 4.69) is 12.2 Å². The maximum atomic E-state index is 13.2. The van der Waals surface area contributed by atoms with Crippen molar-refractivity contribution in [3.8, 4) is 5.75 Å². The van der Waals surface area contributed by atoms with Crippen molar-refractivity contribution in [3.63, 3.8) is 0 Å². The van der Waals surface area contributed by atoms with Gasteiger partial charge in [-0.15, -0.1) is 0 Å². The van der Waals surface area contributed by atoms with Crippen molar-refractivity contribution >= 4 is 35.1 Å². The first-order chi connectivity index (χ1) is 19.2. The van der Waals surface area contributed by atoms with E-state index in [0.29, 0.717) is 30.1 Å². The van der Waals surface area contributed by atoms with Crippen molar-refractivity contribution < 1.29 is 27.5 Å². The summed E-state index contributed by atoms with van der Waals surface area (Å²) < 4.78 is 44.0. The Balaban J connectivity index is 1.67.